The van der Waals surface area contributed by atoms with Crippen LogP contribution < -0.4 is 0 Å². The normalized spacial score (nSPS) is 11.8. The van der Waals surface area contributed by atoms with Crippen LogP contribution >= 0.6 is 0 Å². The fourth-order valence-corrected chi connectivity index (χ4v) is 10.00. The molecular formula is C57H36N6. The van der Waals surface area contributed by atoms with Gasteiger partial charge in [0.25, 0.3) is 0 Å². The zero-order valence-corrected chi connectivity index (χ0v) is 34.0. The smallest absolute Gasteiger partial charge is 0.0663 e. The van der Waals surface area contributed by atoms with Crippen molar-refractivity contribution in [3.8, 4) is 50.4 Å². The lowest BCUT2D eigenvalue weighted by Gasteiger charge is -2.14. The molecule has 6 heteroatoms. The molecule has 6 heterocycles. The van der Waals surface area contributed by atoms with Crippen LogP contribution in [-0.4, -0.2) is 28.7 Å². The Hall–Kier alpha value is -8.61. The van der Waals surface area contributed by atoms with Crippen molar-refractivity contribution in [2.45, 2.75) is 0 Å². The second-order valence-corrected chi connectivity index (χ2v) is 16.1. The summed E-state index contributed by atoms with van der Waals surface area (Å²) in [5.74, 6) is 0. The Morgan fingerprint density at radius 1 is 0.238 bits per heavy atom. The number of pyridine rings is 3. The Labute approximate surface area is 362 Å². The Morgan fingerprint density at radius 2 is 0.476 bits per heavy atom. The van der Waals surface area contributed by atoms with Gasteiger partial charge in [0.05, 0.1) is 33.1 Å². The van der Waals surface area contributed by atoms with Gasteiger partial charge in [0, 0.05) is 86.6 Å². The van der Waals surface area contributed by atoms with E-state index in [0.717, 1.165) is 67.0 Å². The van der Waals surface area contributed by atoms with Crippen molar-refractivity contribution in [3.05, 3.63) is 219 Å². The molecule has 0 radical (unpaired) electrons. The van der Waals surface area contributed by atoms with E-state index in [0.29, 0.717) is 0 Å². The van der Waals surface area contributed by atoms with Gasteiger partial charge in [-0.15, -0.1) is 0 Å². The lowest BCUT2D eigenvalue weighted by atomic mass is 10.0. The highest BCUT2D eigenvalue weighted by Crippen LogP contribution is 2.50. The molecule has 7 aromatic carbocycles. The maximum absolute atomic E-state index is 4.27. The SMILES string of the molecule is c1ccc2c(c1)c1c(c3c4ccccc4n(-c4ccc(-c5ccncc5)cc4)c3c3c4ccccc4n(-c4ccc(-c5ccncc5)cc4)c13)n2-c1ccc(-c2ccncc2)cc1. The fraction of sp³-hybridized carbons (Fsp3) is 0. The molecule has 0 spiro atoms. The molecule has 13 rings (SSSR count). The molecule has 0 fully saturated rings. The Bertz CT molecular complexity index is 3410. The molecule has 0 unspecified atom stereocenters. The van der Waals surface area contributed by atoms with E-state index < -0.39 is 0 Å². The van der Waals surface area contributed by atoms with E-state index in [1.165, 1.54) is 48.9 Å². The van der Waals surface area contributed by atoms with Crippen LogP contribution in [0.3, 0.4) is 0 Å². The third-order valence-electron chi connectivity index (χ3n) is 12.8. The summed E-state index contributed by atoms with van der Waals surface area (Å²) in [4.78, 5) is 12.8. The first-order valence-corrected chi connectivity index (χ1v) is 21.2. The van der Waals surface area contributed by atoms with Gasteiger partial charge in [0.2, 0.25) is 0 Å². The van der Waals surface area contributed by atoms with E-state index in [1.54, 1.807) is 0 Å². The van der Waals surface area contributed by atoms with Crippen LogP contribution in [0.1, 0.15) is 0 Å². The second-order valence-electron chi connectivity index (χ2n) is 16.1. The summed E-state index contributed by atoms with van der Waals surface area (Å²) in [6.07, 6.45) is 11.1. The molecule has 0 atom stereocenters. The first-order valence-electron chi connectivity index (χ1n) is 21.2. The summed E-state index contributed by atoms with van der Waals surface area (Å²) >= 11 is 0. The third-order valence-corrected chi connectivity index (χ3v) is 12.8. The van der Waals surface area contributed by atoms with Gasteiger partial charge in [-0.05, 0) is 124 Å². The zero-order valence-electron chi connectivity index (χ0n) is 34.0. The molecule has 0 amide bonds. The quantitative estimate of drug-likeness (QED) is 0.168. The monoisotopic (exact) mass is 804 g/mol. The van der Waals surface area contributed by atoms with Crippen LogP contribution in [0.15, 0.2) is 219 Å². The Balaban J connectivity index is 1.21. The van der Waals surface area contributed by atoms with Crippen LogP contribution in [-0.2, 0) is 0 Å². The van der Waals surface area contributed by atoms with Gasteiger partial charge in [-0.25, -0.2) is 0 Å². The topological polar surface area (TPSA) is 53.5 Å². The fourth-order valence-electron chi connectivity index (χ4n) is 10.00. The highest BCUT2D eigenvalue weighted by atomic mass is 15.0. The van der Waals surface area contributed by atoms with E-state index in [2.05, 4.69) is 211 Å². The lowest BCUT2D eigenvalue weighted by molar-refractivity contribution is 1.17. The van der Waals surface area contributed by atoms with Gasteiger partial charge in [-0.1, -0.05) is 91.0 Å². The van der Waals surface area contributed by atoms with E-state index in [4.69, 9.17) is 0 Å². The zero-order chi connectivity index (χ0) is 41.4. The minimum atomic E-state index is 1.10. The van der Waals surface area contributed by atoms with Crippen molar-refractivity contribution >= 4 is 65.4 Å². The maximum atomic E-state index is 4.27. The number of aromatic nitrogens is 6. The predicted molar refractivity (Wildman–Crippen MR) is 259 cm³/mol. The molecule has 0 bridgehead atoms. The van der Waals surface area contributed by atoms with Crippen LogP contribution in [0.5, 0.6) is 0 Å². The third kappa shape index (κ3) is 5.35. The van der Waals surface area contributed by atoms with Gasteiger partial charge < -0.3 is 13.7 Å². The average molecular weight is 805 g/mol. The molecular weight excluding hydrogens is 769 g/mol. The minimum Gasteiger partial charge on any atom is -0.308 e. The molecule has 13 aromatic rings. The van der Waals surface area contributed by atoms with E-state index in [-0.39, 0.29) is 0 Å². The first-order chi connectivity index (χ1) is 31.3. The summed E-state index contributed by atoms with van der Waals surface area (Å²) in [6.45, 7) is 0. The van der Waals surface area contributed by atoms with Crippen molar-refractivity contribution in [2.75, 3.05) is 0 Å². The minimum absolute atomic E-state index is 1.10. The molecule has 0 aliphatic rings. The molecule has 6 aromatic heterocycles. The van der Waals surface area contributed by atoms with Crippen molar-refractivity contribution in [1.82, 2.24) is 28.7 Å². The number of fused-ring (bicyclic) bond motifs is 12. The number of hydrogen-bond donors (Lipinski definition) is 0. The second kappa shape index (κ2) is 14.0. The van der Waals surface area contributed by atoms with E-state index in [9.17, 15) is 0 Å². The standard InChI is InChI=1S/C57H36N6/c1-4-10-49-46(7-1)52-55(61(49)43-19-13-37(14-20-43)40-25-31-58-32-26-40)53-48-9-3-6-12-51(48)63(45-23-17-39(18-24-45)42-29-35-60-36-30-42)57(53)54-47-8-2-5-11-50(47)62(56(52)54)44-21-15-38(16-22-44)41-27-33-59-34-28-41/h1-36H. The summed E-state index contributed by atoms with van der Waals surface area (Å²) in [6, 6.07) is 66.1. The largest absolute Gasteiger partial charge is 0.308 e. The number of benzene rings is 7. The van der Waals surface area contributed by atoms with Gasteiger partial charge in [-0.3, -0.25) is 15.0 Å². The molecule has 0 saturated heterocycles. The highest BCUT2D eigenvalue weighted by molar-refractivity contribution is 6.40. The molecule has 0 saturated carbocycles. The van der Waals surface area contributed by atoms with Gasteiger partial charge in [0.1, 0.15) is 0 Å². The van der Waals surface area contributed by atoms with Crippen LogP contribution in [0, 0.1) is 0 Å². The van der Waals surface area contributed by atoms with E-state index in [1.807, 2.05) is 37.2 Å². The Morgan fingerprint density at radius 3 is 0.746 bits per heavy atom. The first kappa shape index (κ1) is 35.2. The highest BCUT2D eigenvalue weighted by Gasteiger charge is 2.28. The molecule has 6 nitrogen and oxygen atoms in total. The predicted octanol–water partition coefficient (Wildman–Crippen LogP) is 14.2. The van der Waals surface area contributed by atoms with E-state index >= 15 is 0 Å². The molecule has 63 heavy (non-hydrogen) atoms. The number of hydrogen-bond acceptors (Lipinski definition) is 3. The van der Waals surface area contributed by atoms with Gasteiger partial charge >= 0.3 is 0 Å². The Kier molecular flexibility index (Phi) is 7.80. The number of para-hydroxylation sites is 3. The summed E-state index contributed by atoms with van der Waals surface area (Å²) in [5.41, 5.74) is 17.2. The average Bonchev–Trinajstić information content (AvgIpc) is 4.01. The van der Waals surface area contributed by atoms with Crippen LogP contribution in [0.25, 0.3) is 116 Å². The van der Waals surface area contributed by atoms with Gasteiger partial charge in [-0.2, -0.15) is 0 Å². The van der Waals surface area contributed by atoms with Crippen molar-refractivity contribution in [1.29, 1.82) is 0 Å². The maximum Gasteiger partial charge on any atom is 0.0663 e. The van der Waals surface area contributed by atoms with Crippen molar-refractivity contribution in [3.63, 3.8) is 0 Å². The molecule has 0 aliphatic heterocycles. The summed E-state index contributed by atoms with van der Waals surface area (Å²) < 4.78 is 7.50. The van der Waals surface area contributed by atoms with Gasteiger partial charge in [0.15, 0.2) is 0 Å². The molecule has 294 valence electrons. The van der Waals surface area contributed by atoms with Crippen molar-refractivity contribution < 1.29 is 0 Å². The van der Waals surface area contributed by atoms with Crippen molar-refractivity contribution in [2.24, 2.45) is 0 Å². The molecule has 0 aliphatic carbocycles. The van der Waals surface area contributed by atoms with Crippen LogP contribution in [0.2, 0.25) is 0 Å². The summed E-state index contributed by atoms with van der Waals surface area (Å²) in [7, 11) is 0. The number of rotatable bonds is 6. The molecule has 0 N–H and O–H groups in total. The van der Waals surface area contributed by atoms with Crippen LogP contribution in [0.4, 0.5) is 0 Å². The summed E-state index contributed by atoms with van der Waals surface area (Å²) in [5, 5.41) is 7.26. The lowest BCUT2D eigenvalue weighted by Crippen LogP contribution is -1.98. The number of nitrogens with zero attached hydrogens (tertiary/aromatic N) is 6.